The van der Waals surface area contributed by atoms with E-state index < -0.39 is 97.5 Å². The number of aliphatic hydroxyl groups excluding tert-OH is 1. The number of hydrogen-bond acceptors (Lipinski definition) is 15. The van der Waals surface area contributed by atoms with Gasteiger partial charge in [-0.2, -0.15) is 0 Å². The Morgan fingerprint density at radius 2 is 0.530 bits per heavy atom. The first-order chi connectivity index (χ1) is 48.7. The first kappa shape index (κ1) is 95.7. The van der Waals surface area contributed by atoms with Crippen LogP contribution in [-0.2, 0) is 65.4 Å². The lowest BCUT2D eigenvalue weighted by molar-refractivity contribution is -0.161. The molecule has 0 rings (SSSR count). The molecule has 0 aliphatic rings. The predicted molar refractivity (Wildman–Crippen MR) is 408 cm³/mol. The van der Waals surface area contributed by atoms with Crippen LogP contribution in [0.1, 0.15) is 323 Å². The maximum absolute atomic E-state index is 13.1. The molecule has 0 aliphatic heterocycles. The van der Waals surface area contributed by atoms with E-state index in [1.807, 2.05) is 0 Å². The van der Waals surface area contributed by atoms with E-state index in [9.17, 15) is 43.2 Å². The van der Waals surface area contributed by atoms with Crippen molar-refractivity contribution >= 4 is 39.5 Å². The second-order valence-corrected chi connectivity index (χ2v) is 28.8. The molecule has 0 spiro atoms. The summed E-state index contributed by atoms with van der Waals surface area (Å²) in [4.78, 5) is 72.9. The van der Waals surface area contributed by atoms with Crippen molar-refractivity contribution < 1.29 is 80.2 Å². The number of esters is 4. The average molecular weight is 1450 g/mol. The minimum absolute atomic E-state index is 0.0760. The highest BCUT2D eigenvalue weighted by Crippen LogP contribution is 2.45. The summed E-state index contributed by atoms with van der Waals surface area (Å²) in [6, 6.07) is 0. The number of rotatable bonds is 73. The maximum Gasteiger partial charge on any atom is 0.472 e. The Morgan fingerprint density at radius 3 is 0.840 bits per heavy atom. The van der Waals surface area contributed by atoms with Gasteiger partial charge in [0.15, 0.2) is 12.2 Å². The van der Waals surface area contributed by atoms with Gasteiger partial charge in [0, 0.05) is 25.7 Å². The predicted octanol–water partition coefficient (Wildman–Crippen LogP) is 22.6. The van der Waals surface area contributed by atoms with Gasteiger partial charge in [-0.3, -0.25) is 37.3 Å². The van der Waals surface area contributed by atoms with E-state index in [4.69, 9.17) is 37.0 Å². The minimum atomic E-state index is -4.98. The fourth-order valence-corrected chi connectivity index (χ4v) is 11.8. The molecule has 0 aromatic heterocycles. The molecular weight excluding hydrogens is 1310 g/mol. The number of hydrogen-bond donors (Lipinski definition) is 3. The molecule has 5 unspecified atom stereocenters. The van der Waals surface area contributed by atoms with Crippen molar-refractivity contribution in [3.63, 3.8) is 0 Å². The van der Waals surface area contributed by atoms with Gasteiger partial charge in [-0.1, -0.05) is 265 Å². The Kier molecular flexibility index (Phi) is 69.9. The minimum Gasteiger partial charge on any atom is -0.462 e. The summed E-state index contributed by atoms with van der Waals surface area (Å²) in [6.45, 7) is 4.56. The van der Waals surface area contributed by atoms with E-state index in [2.05, 4.69) is 137 Å². The zero-order chi connectivity index (χ0) is 73.2. The summed E-state index contributed by atoms with van der Waals surface area (Å²) in [7, 11) is -9.96. The number of unbranched alkanes of at least 4 members (excludes halogenated alkanes) is 29. The molecule has 0 heterocycles. The van der Waals surface area contributed by atoms with Gasteiger partial charge < -0.3 is 33.8 Å². The van der Waals surface area contributed by atoms with E-state index >= 15 is 0 Å². The number of allylic oxidation sites excluding steroid dienone is 18. The Bertz CT molecular complexity index is 2320. The summed E-state index contributed by atoms with van der Waals surface area (Å²) in [5.74, 6) is -2.21. The lowest BCUT2D eigenvalue weighted by Crippen LogP contribution is -2.30. The Labute approximate surface area is 607 Å². The van der Waals surface area contributed by atoms with Crippen LogP contribution >= 0.6 is 15.6 Å². The van der Waals surface area contributed by atoms with Gasteiger partial charge >= 0.3 is 39.5 Å². The van der Waals surface area contributed by atoms with Gasteiger partial charge in [0.05, 0.1) is 26.4 Å². The first-order valence-corrected chi connectivity index (χ1v) is 42.1. The molecule has 0 fully saturated rings. The number of aliphatic hydroxyl groups is 1. The van der Waals surface area contributed by atoms with E-state index in [0.29, 0.717) is 25.7 Å². The van der Waals surface area contributed by atoms with Crippen molar-refractivity contribution in [2.24, 2.45) is 0 Å². The summed E-state index contributed by atoms with van der Waals surface area (Å²) >= 11 is 0. The highest BCUT2D eigenvalue weighted by molar-refractivity contribution is 7.47. The topological polar surface area (TPSA) is 237 Å². The fraction of sp³-hybridized carbons (Fsp3) is 0.728. The number of phosphoric ester groups is 2. The number of phosphoric acid groups is 2. The van der Waals surface area contributed by atoms with Crippen LogP contribution in [0.15, 0.2) is 109 Å². The maximum atomic E-state index is 13.1. The van der Waals surface area contributed by atoms with Crippen molar-refractivity contribution in [3.8, 4) is 0 Å². The third kappa shape index (κ3) is 72.1. The quantitative estimate of drug-likeness (QED) is 0.0169. The molecule has 0 saturated heterocycles. The molecule has 5 atom stereocenters. The van der Waals surface area contributed by atoms with Crippen molar-refractivity contribution in [1.29, 1.82) is 0 Å². The molecule has 0 aromatic rings. The highest BCUT2D eigenvalue weighted by atomic mass is 31.2. The first-order valence-electron chi connectivity index (χ1n) is 39.1. The van der Waals surface area contributed by atoms with Gasteiger partial charge in [0.25, 0.3) is 0 Å². The lowest BCUT2D eigenvalue weighted by Gasteiger charge is -2.21. The third-order valence-corrected chi connectivity index (χ3v) is 18.1. The largest absolute Gasteiger partial charge is 0.472 e. The van der Waals surface area contributed by atoms with Crippen molar-refractivity contribution in [2.45, 2.75) is 341 Å². The molecular formula is C81H140O17P2. The van der Waals surface area contributed by atoms with Crippen molar-refractivity contribution in [1.82, 2.24) is 0 Å². The summed E-state index contributed by atoms with van der Waals surface area (Å²) < 4.78 is 68.5. The number of carbonyl (C=O) groups is 4. The second-order valence-electron chi connectivity index (χ2n) is 25.9. The third-order valence-electron chi connectivity index (χ3n) is 16.2. The molecule has 0 aromatic carbocycles. The standard InChI is InChI=1S/C81H140O17P2/c1-5-9-13-17-21-25-29-32-35-37-40-42-46-49-53-57-61-65-78(83)91-71-76(97-80(85)67-63-59-55-51-45-28-24-20-16-12-8-4)73-95-99(87,88)93-69-75(82)70-94-100(89,90)96-74-77(98-81(86)68-64-60-56-52-48-44-39-34-31-27-23-19-15-11-7-3)72-92-79(84)66-62-58-54-50-47-43-41-38-36-33-30-26-22-18-14-10-6-2/h9-10,13-14,20-27,32-36,39,75-77,82H,5-8,11-12,15-19,28-31,37-38,40-74H2,1-4H3,(H,87,88)(H,89,90)/b13-9-,14-10-,24-20-,25-21-,26-22-,27-23-,35-32-,36-33-,39-34-. The van der Waals surface area contributed by atoms with Gasteiger partial charge in [-0.05, 0) is 141 Å². The summed E-state index contributed by atoms with van der Waals surface area (Å²) in [5.41, 5.74) is 0. The van der Waals surface area contributed by atoms with Crippen molar-refractivity contribution in [3.05, 3.63) is 109 Å². The smallest absolute Gasteiger partial charge is 0.462 e. The molecule has 0 saturated carbocycles. The van der Waals surface area contributed by atoms with Gasteiger partial charge in [-0.15, -0.1) is 0 Å². The molecule has 0 amide bonds. The molecule has 0 bridgehead atoms. The molecule has 0 aliphatic carbocycles. The monoisotopic (exact) mass is 1450 g/mol. The second kappa shape index (κ2) is 73.0. The Morgan fingerprint density at radius 1 is 0.290 bits per heavy atom. The van der Waals surface area contributed by atoms with Gasteiger partial charge in [0.1, 0.15) is 19.3 Å². The molecule has 17 nitrogen and oxygen atoms in total. The van der Waals surface area contributed by atoms with E-state index in [-0.39, 0.29) is 25.7 Å². The average Bonchev–Trinajstić information content (AvgIpc) is 1.02. The number of ether oxygens (including phenoxy) is 4. The van der Waals surface area contributed by atoms with Crippen LogP contribution in [0.5, 0.6) is 0 Å². The van der Waals surface area contributed by atoms with E-state index in [1.165, 1.54) is 32.1 Å². The van der Waals surface area contributed by atoms with E-state index in [0.717, 1.165) is 212 Å². The zero-order valence-corrected chi connectivity index (χ0v) is 64.6. The molecule has 576 valence electrons. The van der Waals surface area contributed by atoms with Crippen LogP contribution in [0.2, 0.25) is 0 Å². The van der Waals surface area contributed by atoms with Crippen LogP contribution in [0.3, 0.4) is 0 Å². The van der Waals surface area contributed by atoms with Gasteiger partial charge in [-0.25, -0.2) is 9.13 Å². The Balaban J connectivity index is 5.34. The van der Waals surface area contributed by atoms with Crippen LogP contribution in [0, 0.1) is 0 Å². The van der Waals surface area contributed by atoms with E-state index in [1.54, 1.807) is 0 Å². The lowest BCUT2D eigenvalue weighted by atomic mass is 10.1. The van der Waals surface area contributed by atoms with Crippen LogP contribution in [-0.4, -0.2) is 96.7 Å². The molecule has 100 heavy (non-hydrogen) atoms. The number of carbonyl (C=O) groups excluding carboxylic acids is 4. The SMILES string of the molecule is CC/C=C\C/C=C\C/C=C\CCCCCCCCCC(=O)OCC(COP(=O)(O)OCC(O)COP(=O)(O)OCC(COC(=O)CCCCCCCCC/C=C\C/C=C\C/C=C\CC)OC(=O)CCCCCCC/C=C\CCCC)OC(=O)CCCCCCC/C=C\C/C=C\CCCCC. The molecule has 3 N–H and O–H groups in total. The van der Waals surface area contributed by atoms with Crippen LogP contribution < -0.4 is 0 Å². The summed E-state index contributed by atoms with van der Waals surface area (Å²) in [5, 5.41) is 10.6. The van der Waals surface area contributed by atoms with Crippen LogP contribution in [0.4, 0.5) is 0 Å². The van der Waals surface area contributed by atoms with Crippen molar-refractivity contribution in [2.75, 3.05) is 39.6 Å². The Hall–Kier alpha value is -4.28. The normalized spacial score (nSPS) is 14.5. The van der Waals surface area contributed by atoms with Crippen LogP contribution in [0.25, 0.3) is 0 Å². The molecule has 0 radical (unpaired) electrons. The summed E-state index contributed by atoms with van der Waals surface area (Å²) in [6.07, 6.45) is 77.9. The fourth-order valence-electron chi connectivity index (χ4n) is 10.3. The van der Waals surface area contributed by atoms with Gasteiger partial charge in [0.2, 0.25) is 0 Å². The zero-order valence-electron chi connectivity index (χ0n) is 62.8. The highest BCUT2D eigenvalue weighted by Gasteiger charge is 2.30. The molecule has 19 heteroatoms.